The highest BCUT2D eigenvalue weighted by molar-refractivity contribution is 7.94. The summed E-state index contributed by atoms with van der Waals surface area (Å²) in [5, 5.41) is 5.91. The lowest BCUT2D eigenvalue weighted by Gasteiger charge is -2.16. The molecule has 0 radical (unpaired) electrons. The fourth-order valence-corrected chi connectivity index (χ4v) is 4.62. The lowest BCUT2D eigenvalue weighted by atomic mass is 10.2. The van der Waals surface area contributed by atoms with E-state index in [2.05, 4.69) is 30.4 Å². The second-order valence-corrected chi connectivity index (χ2v) is 7.89. The van der Waals surface area contributed by atoms with Gasteiger partial charge >= 0.3 is 0 Å². The molecular formula is C14H15NO2S2. The highest BCUT2D eigenvalue weighted by Gasteiger charge is 2.23. The lowest BCUT2D eigenvalue weighted by Crippen LogP contribution is -2.31. The van der Waals surface area contributed by atoms with E-state index in [4.69, 9.17) is 0 Å². The summed E-state index contributed by atoms with van der Waals surface area (Å²) in [6.45, 7) is 2.07. The monoisotopic (exact) mass is 293 g/mol. The molecular weight excluding hydrogens is 278 g/mol. The van der Waals surface area contributed by atoms with Crippen LogP contribution in [-0.4, -0.2) is 20.2 Å². The second kappa shape index (κ2) is 4.74. The molecule has 0 spiro atoms. The Kier molecular flexibility index (Phi) is 3.20. The summed E-state index contributed by atoms with van der Waals surface area (Å²) >= 11 is 1.75. The summed E-state index contributed by atoms with van der Waals surface area (Å²) < 4.78 is 24.0. The normalized spacial score (nSPS) is 22.9. The third-order valence-corrected chi connectivity index (χ3v) is 5.96. The largest absolute Gasteiger partial charge is 0.302 e. The van der Waals surface area contributed by atoms with Crippen molar-refractivity contribution < 1.29 is 8.42 Å². The molecule has 0 saturated carbocycles. The first-order valence-corrected chi connectivity index (χ1v) is 8.72. The van der Waals surface area contributed by atoms with E-state index in [9.17, 15) is 8.42 Å². The van der Waals surface area contributed by atoms with E-state index >= 15 is 0 Å². The van der Waals surface area contributed by atoms with Gasteiger partial charge in [0.1, 0.15) is 0 Å². The molecule has 0 saturated heterocycles. The summed E-state index contributed by atoms with van der Waals surface area (Å²) in [6.07, 6.45) is 1.74. The number of thiophene rings is 1. The fourth-order valence-electron chi connectivity index (χ4n) is 2.30. The molecule has 0 fully saturated rings. The predicted molar refractivity (Wildman–Crippen MR) is 80.1 cm³/mol. The molecule has 1 aliphatic heterocycles. The van der Waals surface area contributed by atoms with Crippen molar-refractivity contribution in [2.45, 2.75) is 19.0 Å². The Morgan fingerprint density at radius 2 is 2.16 bits per heavy atom. The maximum absolute atomic E-state index is 11.4. The van der Waals surface area contributed by atoms with Gasteiger partial charge in [0, 0.05) is 27.1 Å². The lowest BCUT2D eigenvalue weighted by molar-refractivity contribution is 0.541. The number of fused-ring (bicyclic) bond motifs is 1. The van der Waals surface area contributed by atoms with Gasteiger partial charge in [0.05, 0.1) is 5.75 Å². The average Bonchev–Trinajstić information content (AvgIpc) is 2.92. The highest BCUT2D eigenvalue weighted by Crippen LogP contribution is 2.30. The van der Waals surface area contributed by atoms with Gasteiger partial charge in [-0.05, 0) is 24.4 Å². The molecule has 1 N–H and O–H groups in total. The van der Waals surface area contributed by atoms with Crippen molar-refractivity contribution in [1.29, 1.82) is 0 Å². The number of nitrogens with one attached hydrogen (secondary N) is 1. The average molecular weight is 293 g/mol. The van der Waals surface area contributed by atoms with Gasteiger partial charge in [-0.15, -0.1) is 11.3 Å². The zero-order chi connectivity index (χ0) is 13.5. The van der Waals surface area contributed by atoms with E-state index in [0.29, 0.717) is 0 Å². The maximum atomic E-state index is 11.4. The summed E-state index contributed by atoms with van der Waals surface area (Å²) in [5.74, 6) is 0.169. The molecule has 2 aromatic rings. The van der Waals surface area contributed by atoms with E-state index in [1.54, 1.807) is 17.4 Å². The van der Waals surface area contributed by atoms with E-state index in [0.717, 1.165) is 0 Å². The zero-order valence-electron chi connectivity index (χ0n) is 10.5. The molecule has 0 aliphatic carbocycles. The van der Waals surface area contributed by atoms with Crippen molar-refractivity contribution in [2.24, 2.45) is 0 Å². The van der Waals surface area contributed by atoms with Crippen LogP contribution in [0.3, 0.4) is 0 Å². The standard InChI is InChI=1S/C14H15NO2S2/c1-10(15-12-6-7-19(16,17)9-12)14-8-11-4-2-3-5-13(11)18-14/h2-8,10,12,15H,9H2,1H3. The van der Waals surface area contributed by atoms with Crippen molar-refractivity contribution >= 4 is 31.3 Å². The molecule has 2 heterocycles. The Balaban J connectivity index is 1.77. The van der Waals surface area contributed by atoms with Crippen LogP contribution in [0.15, 0.2) is 41.8 Å². The molecule has 19 heavy (non-hydrogen) atoms. The van der Waals surface area contributed by atoms with Gasteiger partial charge in [0.15, 0.2) is 9.84 Å². The Morgan fingerprint density at radius 3 is 2.84 bits per heavy atom. The highest BCUT2D eigenvalue weighted by atomic mass is 32.2. The van der Waals surface area contributed by atoms with E-state index in [1.165, 1.54) is 20.4 Å². The molecule has 2 atom stereocenters. The number of benzene rings is 1. The van der Waals surface area contributed by atoms with Crippen molar-refractivity contribution in [1.82, 2.24) is 5.32 Å². The Labute approximate surface area is 116 Å². The van der Waals surface area contributed by atoms with Gasteiger partial charge < -0.3 is 5.32 Å². The van der Waals surface area contributed by atoms with E-state index < -0.39 is 9.84 Å². The van der Waals surface area contributed by atoms with Crippen LogP contribution in [-0.2, 0) is 9.84 Å². The van der Waals surface area contributed by atoms with Crippen LogP contribution < -0.4 is 5.32 Å². The third kappa shape index (κ3) is 2.73. The Hall–Kier alpha value is -1.17. The summed E-state index contributed by atoms with van der Waals surface area (Å²) in [6, 6.07) is 10.5. The molecule has 3 rings (SSSR count). The first-order valence-electron chi connectivity index (χ1n) is 6.19. The van der Waals surface area contributed by atoms with E-state index in [1.807, 2.05) is 12.1 Å². The fraction of sp³-hybridized carbons (Fsp3) is 0.286. The predicted octanol–water partition coefficient (Wildman–Crippen LogP) is 2.86. The maximum Gasteiger partial charge on any atom is 0.173 e. The van der Waals surface area contributed by atoms with Crippen LogP contribution >= 0.6 is 11.3 Å². The molecule has 5 heteroatoms. The molecule has 100 valence electrons. The summed E-state index contributed by atoms with van der Waals surface area (Å²) in [5.41, 5.74) is 0. The van der Waals surface area contributed by atoms with Crippen molar-refractivity contribution in [2.75, 3.05) is 5.75 Å². The first kappa shape index (κ1) is 12.8. The molecule has 1 aliphatic rings. The van der Waals surface area contributed by atoms with Crippen molar-refractivity contribution in [3.05, 3.63) is 46.7 Å². The molecule has 1 aromatic carbocycles. The molecule has 1 aromatic heterocycles. The third-order valence-electron chi connectivity index (χ3n) is 3.27. The van der Waals surface area contributed by atoms with Crippen molar-refractivity contribution in [3.63, 3.8) is 0 Å². The summed E-state index contributed by atoms with van der Waals surface area (Å²) in [7, 11) is -2.99. The summed E-state index contributed by atoms with van der Waals surface area (Å²) in [4.78, 5) is 1.24. The topological polar surface area (TPSA) is 46.2 Å². The number of hydrogen-bond acceptors (Lipinski definition) is 4. The first-order chi connectivity index (χ1) is 9.03. The van der Waals surface area contributed by atoms with Crippen LogP contribution in [0.25, 0.3) is 10.1 Å². The Morgan fingerprint density at radius 1 is 1.37 bits per heavy atom. The van der Waals surface area contributed by atoms with Gasteiger partial charge in [-0.3, -0.25) is 0 Å². The van der Waals surface area contributed by atoms with E-state index in [-0.39, 0.29) is 17.8 Å². The minimum Gasteiger partial charge on any atom is -0.302 e. The molecule has 3 nitrogen and oxygen atoms in total. The van der Waals surface area contributed by atoms with Crippen LogP contribution in [0.1, 0.15) is 17.8 Å². The minimum absolute atomic E-state index is 0.0785. The van der Waals surface area contributed by atoms with Gasteiger partial charge in [-0.1, -0.05) is 24.3 Å². The van der Waals surface area contributed by atoms with Gasteiger partial charge in [-0.2, -0.15) is 0 Å². The number of hydrogen-bond donors (Lipinski definition) is 1. The van der Waals surface area contributed by atoms with Crippen LogP contribution in [0.2, 0.25) is 0 Å². The number of sulfone groups is 1. The van der Waals surface area contributed by atoms with Gasteiger partial charge in [-0.25, -0.2) is 8.42 Å². The Bertz CT molecular complexity index is 698. The SMILES string of the molecule is CC(NC1C=CS(=O)(=O)C1)c1cc2ccccc2s1. The van der Waals surface area contributed by atoms with Crippen LogP contribution in [0.4, 0.5) is 0 Å². The zero-order valence-corrected chi connectivity index (χ0v) is 12.2. The smallest absolute Gasteiger partial charge is 0.173 e. The molecule has 0 bridgehead atoms. The number of rotatable bonds is 3. The molecule has 0 amide bonds. The second-order valence-electron chi connectivity index (χ2n) is 4.84. The van der Waals surface area contributed by atoms with Gasteiger partial charge in [0.2, 0.25) is 0 Å². The van der Waals surface area contributed by atoms with Crippen LogP contribution in [0, 0.1) is 0 Å². The minimum atomic E-state index is -2.99. The molecule has 2 unspecified atom stereocenters. The van der Waals surface area contributed by atoms with Gasteiger partial charge in [0.25, 0.3) is 0 Å². The van der Waals surface area contributed by atoms with Crippen molar-refractivity contribution in [3.8, 4) is 0 Å². The van der Waals surface area contributed by atoms with Crippen LogP contribution in [0.5, 0.6) is 0 Å². The quantitative estimate of drug-likeness (QED) is 0.946.